The first-order valence-corrected chi connectivity index (χ1v) is 9.16. The number of aliphatic hydroxyl groups is 1. The molecule has 26 heavy (non-hydrogen) atoms. The van der Waals surface area contributed by atoms with E-state index in [-0.39, 0.29) is 0 Å². The van der Waals surface area contributed by atoms with Gasteiger partial charge in [0.05, 0.1) is 7.11 Å². The van der Waals surface area contributed by atoms with Gasteiger partial charge in [0.1, 0.15) is 11.4 Å². The second-order valence-corrected chi connectivity index (χ2v) is 7.45. The van der Waals surface area contributed by atoms with Crippen molar-refractivity contribution in [2.24, 2.45) is 0 Å². The molecule has 2 N–H and O–H groups in total. The van der Waals surface area contributed by atoms with Crippen LogP contribution in [0, 0.1) is 13.8 Å². The van der Waals surface area contributed by atoms with Crippen LogP contribution >= 0.6 is 0 Å². The lowest BCUT2D eigenvalue weighted by molar-refractivity contribution is 0.0445. The van der Waals surface area contributed by atoms with Gasteiger partial charge in [0, 0.05) is 36.2 Å². The molecule has 0 aliphatic carbocycles. The van der Waals surface area contributed by atoms with Crippen LogP contribution in [0.4, 0.5) is 0 Å². The SMILES string of the molecule is COc1ccc2[nH]c(CN3CC[C@@](O)(c4ccccc4C)C3)c(C)c2c1. The fourth-order valence-electron chi connectivity index (χ4n) is 4.19. The predicted molar refractivity (Wildman–Crippen MR) is 105 cm³/mol. The minimum absolute atomic E-state index is 0.663. The molecule has 2 aromatic carbocycles. The summed E-state index contributed by atoms with van der Waals surface area (Å²) < 4.78 is 5.35. The topological polar surface area (TPSA) is 48.5 Å². The molecule has 0 bridgehead atoms. The van der Waals surface area contributed by atoms with Crippen molar-refractivity contribution in [3.8, 4) is 5.75 Å². The number of hydrogen-bond donors (Lipinski definition) is 2. The summed E-state index contributed by atoms with van der Waals surface area (Å²) in [6.45, 7) is 6.60. The molecule has 0 spiro atoms. The molecule has 0 radical (unpaired) electrons. The standard InChI is InChI=1S/C22H26N2O2/c1-15-6-4-5-7-19(15)22(25)10-11-24(14-22)13-21-16(2)18-12-17(26-3)8-9-20(18)23-21/h4-9,12,23,25H,10-11,13-14H2,1-3H3/t22-/m0/s1. The summed E-state index contributed by atoms with van der Waals surface area (Å²) in [5.74, 6) is 0.876. The van der Waals surface area contributed by atoms with E-state index in [9.17, 15) is 5.11 Å². The highest BCUT2D eigenvalue weighted by molar-refractivity contribution is 5.85. The minimum atomic E-state index is -0.755. The smallest absolute Gasteiger partial charge is 0.119 e. The molecule has 0 amide bonds. The van der Waals surface area contributed by atoms with Gasteiger partial charge in [-0.25, -0.2) is 0 Å². The van der Waals surface area contributed by atoms with Gasteiger partial charge in [-0.05, 0) is 55.2 Å². The molecule has 1 aliphatic rings. The molecule has 0 saturated carbocycles. The third-order valence-corrected chi connectivity index (χ3v) is 5.72. The zero-order chi connectivity index (χ0) is 18.3. The van der Waals surface area contributed by atoms with Crippen molar-refractivity contribution >= 4 is 10.9 Å². The maximum absolute atomic E-state index is 11.2. The monoisotopic (exact) mass is 350 g/mol. The summed E-state index contributed by atoms with van der Waals surface area (Å²) in [6, 6.07) is 14.3. The molecule has 2 heterocycles. The average molecular weight is 350 g/mol. The summed E-state index contributed by atoms with van der Waals surface area (Å²) in [4.78, 5) is 5.88. The number of benzene rings is 2. The summed E-state index contributed by atoms with van der Waals surface area (Å²) in [6.07, 6.45) is 0.769. The van der Waals surface area contributed by atoms with E-state index in [1.54, 1.807) is 7.11 Å². The van der Waals surface area contributed by atoms with Gasteiger partial charge in [-0.15, -0.1) is 0 Å². The van der Waals surface area contributed by atoms with E-state index in [2.05, 4.69) is 48.0 Å². The van der Waals surface area contributed by atoms with E-state index in [0.29, 0.717) is 6.54 Å². The van der Waals surface area contributed by atoms with E-state index in [1.807, 2.05) is 18.2 Å². The van der Waals surface area contributed by atoms with E-state index >= 15 is 0 Å². The number of fused-ring (bicyclic) bond motifs is 1. The van der Waals surface area contributed by atoms with Gasteiger partial charge in [0.15, 0.2) is 0 Å². The van der Waals surface area contributed by atoms with Crippen molar-refractivity contribution in [1.29, 1.82) is 0 Å². The van der Waals surface area contributed by atoms with Crippen molar-refractivity contribution in [2.45, 2.75) is 32.4 Å². The molecule has 1 aromatic heterocycles. The third-order valence-electron chi connectivity index (χ3n) is 5.72. The maximum Gasteiger partial charge on any atom is 0.119 e. The van der Waals surface area contributed by atoms with Crippen LogP contribution in [0.5, 0.6) is 5.75 Å². The van der Waals surface area contributed by atoms with Crippen molar-refractivity contribution in [2.75, 3.05) is 20.2 Å². The quantitative estimate of drug-likeness (QED) is 0.750. The highest BCUT2D eigenvalue weighted by atomic mass is 16.5. The van der Waals surface area contributed by atoms with Crippen molar-refractivity contribution < 1.29 is 9.84 Å². The fourth-order valence-corrected chi connectivity index (χ4v) is 4.19. The Morgan fingerprint density at radius 3 is 2.77 bits per heavy atom. The van der Waals surface area contributed by atoms with E-state index in [4.69, 9.17) is 4.74 Å². The molecule has 4 rings (SSSR count). The Hall–Kier alpha value is -2.30. The third kappa shape index (κ3) is 2.89. The Morgan fingerprint density at radius 1 is 1.19 bits per heavy atom. The van der Waals surface area contributed by atoms with E-state index < -0.39 is 5.60 Å². The number of H-pyrrole nitrogens is 1. The van der Waals surface area contributed by atoms with Gasteiger partial charge in [-0.2, -0.15) is 0 Å². The molecule has 4 heteroatoms. The molecule has 3 aromatic rings. The molecule has 4 nitrogen and oxygen atoms in total. The Bertz CT molecular complexity index is 946. The molecular weight excluding hydrogens is 324 g/mol. The molecule has 0 unspecified atom stereocenters. The van der Waals surface area contributed by atoms with E-state index in [1.165, 1.54) is 16.6 Å². The number of nitrogens with zero attached hydrogens (tertiary/aromatic N) is 1. The Balaban J connectivity index is 1.57. The van der Waals surface area contributed by atoms with Crippen LogP contribution in [0.3, 0.4) is 0 Å². The Kier molecular flexibility index (Phi) is 4.25. The summed E-state index contributed by atoms with van der Waals surface area (Å²) >= 11 is 0. The molecule has 1 saturated heterocycles. The lowest BCUT2D eigenvalue weighted by Crippen LogP contribution is -2.31. The Labute approximate surface area is 154 Å². The number of hydrogen-bond acceptors (Lipinski definition) is 3. The largest absolute Gasteiger partial charge is 0.497 e. The number of aromatic nitrogens is 1. The number of ether oxygens (including phenoxy) is 1. The number of methoxy groups -OCH3 is 1. The van der Waals surface area contributed by atoms with Crippen LogP contribution in [0.15, 0.2) is 42.5 Å². The lowest BCUT2D eigenvalue weighted by Gasteiger charge is -2.25. The zero-order valence-corrected chi connectivity index (χ0v) is 15.7. The number of nitrogens with one attached hydrogen (secondary N) is 1. The first-order chi connectivity index (χ1) is 12.5. The average Bonchev–Trinajstić information content (AvgIpc) is 3.16. The minimum Gasteiger partial charge on any atom is -0.497 e. The highest BCUT2D eigenvalue weighted by Crippen LogP contribution is 2.35. The zero-order valence-electron chi connectivity index (χ0n) is 15.7. The first kappa shape index (κ1) is 17.1. The summed E-state index contributed by atoms with van der Waals surface area (Å²) in [5.41, 5.74) is 5.06. The number of likely N-dealkylation sites (tertiary alicyclic amines) is 1. The number of rotatable bonds is 4. The van der Waals surface area contributed by atoms with Crippen molar-refractivity contribution in [3.63, 3.8) is 0 Å². The second kappa shape index (κ2) is 6.45. The van der Waals surface area contributed by atoms with Crippen LogP contribution in [0.2, 0.25) is 0 Å². The number of β-amino-alcohol motifs (C(OH)–C–C–N with tert-alkyl or cyclic N) is 1. The molecule has 1 atom stereocenters. The van der Waals surface area contributed by atoms with Crippen LogP contribution in [0.25, 0.3) is 10.9 Å². The fraction of sp³-hybridized carbons (Fsp3) is 0.364. The summed E-state index contributed by atoms with van der Waals surface area (Å²) in [5, 5.41) is 12.4. The molecule has 1 fully saturated rings. The molecule has 136 valence electrons. The summed E-state index contributed by atoms with van der Waals surface area (Å²) in [7, 11) is 1.70. The van der Waals surface area contributed by atoms with Crippen LogP contribution in [-0.2, 0) is 12.1 Å². The first-order valence-electron chi connectivity index (χ1n) is 9.16. The van der Waals surface area contributed by atoms with Crippen LogP contribution < -0.4 is 4.74 Å². The molecular formula is C22H26N2O2. The van der Waals surface area contributed by atoms with E-state index in [0.717, 1.165) is 41.9 Å². The highest BCUT2D eigenvalue weighted by Gasteiger charge is 2.38. The van der Waals surface area contributed by atoms with Gasteiger partial charge < -0.3 is 14.8 Å². The van der Waals surface area contributed by atoms with Gasteiger partial charge in [0.25, 0.3) is 0 Å². The number of aromatic amines is 1. The Morgan fingerprint density at radius 2 is 2.00 bits per heavy atom. The maximum atomic E-state index is 11.2. The normalized spacial score (nSPS) is 20.8. The van der Waals surface area contributed by atoms with Crippen molar-refractivity contribution in [3.05, 3.63) is 64.8 Å². The predicted octanol–water partition coefficient (Wildman–Crippen LogP) is 3.89. The lowest BCUT2D eigenvalue weighted by atomic mass is 9.89. The van der Waals surface area contributed by atoms with Gasteiger partial charge in [-0.3, -0.25) is 4.90 Å². The van der Waals surface area contributed by atoms with Gasteiger partial charge in [0.2, 0.25) is 0 Å². The van der Waals surface area contributed by atoms with Crippen molar-refractivity contribution in [1.82, 2.24) is 9.88 Å². The molecule has 1 aliphatic heterocycles. The van der Waals surface area contributed by atoms with Gasteiger partial charge >= 0.3 is 0 Å². The van der Waals surface area contributed by atoms with Gasteiger partial charge in [-0.1, -0.05) is 24.3 Å². The number of aryl methyl sites for hydroxylation is 2. The van der Waals surface area contributed by atoms with Crippen LogP contribution in [-0.4, -0.2) is 35.2 Å². The second-order valence-electron chi connectivity index (χ2n) is 7.45. The van der Waals surface area contributed by atoms with Crippen LogP contribution in [0.1, 0.15) is 28.8 Å².